The van der Waals surface area contributed by atoms with Crippen molar-refractivity contribution in [3.63, 3.8) is 0 Å². The van der Waals surface area contributed by atoms with E-state index in [4.69, 9.17) is 5.11 Å². The van der Waals surface area contributed by atoms with Gasteiger partial charge in [-0.25, -0.2) is 13.2 Å². The van der Waals surface area contributed by atoms with E-state index in [1.54, 1.807) is 54.7 Å². The van der Waals surface area contributed by atoms with E-state index in [1.807, 2.05) is 6.92 Å². The molecule has 0 spiro atoms. The lowest BCUT2D eigenvalue weighted by molar-refractivity contribution is 0.0697. The quantitative estimate of drug-likeness (QED) is 0.487. The van der Waals surface area contributed by atoms with E-state index in [0.29, 0.717) is 5.69 Å². The fourth-order valence-corrected chi connectivity index (χ4v) is 3.72. The highest BCUT2D eigenvalue weighted by molar-refractivity contribution is 7.91. The first-order chi connectivity index (χ1) is 13.4. The Kier molecular flexibility index (Phi) is 5.56. The van der Waals surface area contributed by atoms with Crippen molar-refractivity contribution in [2.75, 3.05) is 5.43 Å². The number of rotatable bonds is 6. The molecule has 0 atom stereocenters. The number of aromatic carboxylic acids is 1. The van der Waals surface area contributed by atoms with Crippen LogP contribution in [0.4, 0.5) is 5.69 Å². The van der Waals surface area contributed by atoms with Crippen molar-refractivity contribution in [2.24, 2.45) is 5.10 Å². The smallest absolute Gasteiger partial charge is 0.335 e. The van der Waals surface area contributed by atoms with Crippen molar-refractivity contribution in [2.45, 2.75) is 16.7 Å². The van der Waals surface area contributed by atoms with Crippen molar-refractivity contribution in [3.8, 4) is 0 Å². The van der Waals surface area contributed by atoms with Gasteiger partial charge >= 0.3 is 5.97 Å². The summed E-state index contributed by atoms with van der Waals surface area (Å²) in [7, 11) is -3.56. The molecule has 3 rings (SSSR count). The fourth-order valence-electron chi connectivity index (χ4n) is 2.46. The Morgan fingerprint density at radius 3 is 1.96 bits per heavy atom. The topological polar surface area (TPSA) is 95.8 Å². The van der Waals surface area contributed by atoms with Gasteiger partial charge in [-0.3, -0.25) is 5.43 Å². The minimum atomic E-state index is -3.56. The van der Waals surface area contributed by atoms with Gasteiger partial charge in [0.2, 0.25) is 9.84 Å². The second-order valence-electron chi connectivity index (χ2n) is 6.14. The Morgan fingerprint density at radius 1 is 0.893 bits per heavy atom. The summed E-state index contributed by atoms with van der Waals surface area (Å²) in [5.41, 5.74) is 5.37. The summed E-state index contributed by atoms with van der Waals surface area (Å²) in [6.45, 7) is 1.90. The van der Waals surface area contributed by atoms with Crippen LogP contribution in [-0.4, -0.2) is 25.7 Å². The van der Waals surface area contributed by atoms with Crippen LogP contribution in [0.15, 0.2) is 87.7 Å². The summed E-state index contributed by atoms with van der Waals surface area (Å²) >= 11 is 0. The van der Waals surface area contributed by atoms with Crippen molar-refractivity contribution in [1.82, 2.24) is 0 Å². The van der Waals surface area contributed by atoms with E-state index in [2.05, 4.69) is 10.5 Å². The van der Waals surface area contributed by atoms with E-state index >= 15 is 0 Å². The SMILES string of the molecule is Cc1ccc(S(=O)(=O)c2ccc(N/N=C\c3ccc(C(=O)O)cc3)cc2)cc1. The Hall–Kier alpha value is -3.45. The van der Waals surface area contributed by atoms with Gasteiger partial charge in [0.1, 0.15) is 0 Å². The molecule has 6 nitrogen and oxygen atoms in total. The van der Waals surface area contributed by atoms with Crippen molar-refractivity contribution < 1.29 is 18.3 Å². The zero-order valence-corrected chi connectivity index (χ0v) is 15.8. The van der Waals surface area contributed by atoms with Gasteiger partial charge in [0.25, 0.3) is 0 Å². The molecule has 0 aliphatic heterocycles. The number of benzene rings is 3. The van der Waals surface area contributed by atoms with Crippen molar-refractivity contribution in [1.29, 1.82) is 0 Å². The summed E-state index contributed by atoms with van der Waals surface area (Å²) in [6, 6.07) is 19.3. The Labute approximate surface area is 163 Å². The molecule has 0 radical (unpaired) electrons. The average Bonchev–Trinajstić information content (AvgIpc) is 2.69. The summed E-state index contributed by atoms with van der Waals surface area (Å²) in [6.07, 6.45) is 1.54. The van der Waals surface area contributed by atoms with E-state index in [-0.39, 0.29) is 15.4 Å². The highest BCUT2D eigenvalue weighted by Gasteiger charge is 2.17. The van der Waals surface area contributed by atoms with Crippen LogP contribution in [0.3, 0.4) is 0 Å². The molecule has 0 amide bonds. The van der Waals surface area contributed by atoms with Gasteiger partial charge in [-0.05, 0) is 61.0 Å². The molecule has 28 heavy (non-hydrogen) atoms. The molecule has 0 aliphatic carbocycles. The number of hydrogen-bond donors (Lipinski definition) is 2. The molecule has 2 N–H and O–H groups in total. The lowest BCUT2D eigenvalue weighted by atomic mass is 10.1. The van der Waals surface area contributed by atoms with Crippen LogP contribution < -0.4 is 5.43 Å². The molecule has 0 saturated heterocycles. The number of aryl methyl sites for hydroxylation is 1. The molecular formula is C21H18N2O4S. The molecular weight excluding hydrogens is 376 g/mol. The largest absolute Gasteiger partial charge is 0.478 e. The molecule has 0 unspecified atom stereocenters. The van der Waals surface area contributed by atoms with Gasteiger partial charge < -0.3 is 5.11 Å². The normalized spacial score (nSPS) is 11.5. The standard InChI is InChI=1S/C21H18N2O4S/c1-15-2-10-19(11-3-15)28(26,27)20-12-8-18(9-13-20)23-22-14-16-4-6-17(7-5-16)21(24)25/h2-14,23H,1H3,(H,24,25)/b22-14-. The van der Waals surface area contributed by atoms with Crippen LogP contribution in [0.5, 0.6) is 0 Å². The van der Waals surface area contributed by atoms with Gasteiger partial charge in [0.05, 0.1) is 27.3 Å². The molecule has 0 fully saturated rings. The van der Waals surface area contributed by atoms with E-state index in [0.717, 1.165) is 11.1 Å². The first-order valence-electron chi connectivity index (χ1n) is 8.40. The number of anilines is 1. The summed E-state index contributed by atoms with van der Waals surface area (Å²) in [5.74, 6) is -0.984. The van der Waals surface area contributed by atoms with Crippen molar-refractivity contribution >= 4 is 27.7 Å². The summed E-state index contributed by atoms with van der Waals surface area (Å²) in [4.78, 5) is 11.3. The molecule has 0 aliphatic rings. The van der Waals surface area contributed by atoms with Gasteiger partial charge in [-0.1, -0.05) is 29.8 Å². The maximum Gasteiger partial charge on any atom is 0.335 e. The second kappa shape index (κ2) is 8.06. The third kappa shape index (κ3) is 4.44. The maximum absolute atomic E-state index is 12.6. The van der Waals surface area contributed by atoms with Gasteiger partial charge in [-0.2, -0.15) is 5.10 Å². The summed E-state index contributed by atoms with van der Waals surface area (Å²) < 4.78 is 25.3. The molecule has 3 aromatic rings. The Morgan fingerprint density at radius 2 is 1.43 bits per heavy atom. The highest BCUT2D eigenvalue weighted by atomic mass is 32.2. The van der Waals surface area contributed by atoms with Crippen LogP contribution in [0.2, 0.25) is 0 Å². The lowest BCUT2D eigenvalue weighted by Crippen LogP contribution is -2.02. The molecule has 7 heteroatoms. The minimum absolute atomic E-state index is 0.204. The van der Waals surface area contributed by atoms with Crippen LogP contribution in [0.1, 0.15) is 21.5 Å². The molecule has 142 valence electrons. The van der Waals surface area contributed by atoms with Crippen LogP contribution >= 0.6 is 0 Å². The predicted molar refractivity (Wildman–Crippen MR) is 108 cm³/mol. The number of carbonyl (C=O) groups is 1. The number of nitrogens with one attached hydrogen (secondary N) is 1. The van der Waals surface area contributed by atoms with Gasteiger partial charge in [0.15, 0.2) is 0 Å². The fraction of sp³-hybridized carbons (Fsp3) is 0.0476. The zero-order chi connectivity index (χ0) is 20.1. The monoisotopic (exact) mass is 394 g/mol. The molecule has 0 aromatic heterocycles. The lowest BCUT2D eigenvalue weighted by Gasteiger charge is -2.06. The molecule has 0 heterocycles. The first-order valence-corrected chi connectivity index (χ1v) is 9.89. The first kappa shape index (κ1) is 19.3. The number of carboxylic acids is 1. The maximum atomic E-state index is 12.6. The molecule has 0 saturated carbocycles. The van der Waals surface area contributed by atoms with Gasteiger partial charge in [0, 0.05) is 0 Å². The van der Waals surface area contributed by atoms with E-state index in [1.165, 1.54) is 24.3 Å². The Balaban J connectivity index is 1.69. The van der Waals surface area contributed by atoms with Crippen molar-refractivity contribution in [3.05, 3.63) is 89.5 Å². The number of hydrazone groups is 1. The third-order valence-electron chi connectivity index (χ3n) is 4.06. The predicted octanol–water partition coefficient (Wildman–Crippen LogP) is 3.97. The minimum Gasteiger partial charge on any atom is -0.478 e. The Bertz CT molecular complexity index is 1100. The molecule has 3 aromatic carbocycles. The molecule has 0 bridgehead atoms. The van der Waals surface area contributed by atoms with Gasteiger partial charge in [-0.15, -0.1) is 0 Å². The highest BCUT2D eigenvalue weighted by Crippen LogP contribution is 2.22. The van der Waals surface area contributed by atoms with E-state index < -0.39 is 15.8 Å². The van der Waals surface area contributed by atoms with Crippen LogP contribution in [0, 0.1) is 6.92 Å². The number of nitrogens with zero attached hydrogens (tertiary/aromatic N) is 1. The number of carboxylic acid groups (broad SMARTS) is 1. The van der Waals surface area contributed by atoms with Crippen LogP contribution in [0.25, 0.3) is 0 Å². The summed E-state index contributed by atoms with van der Waals surface area (Å²) in [5, 5.41) is 13.0. The number of hydrogen-bond acceptors (Lipinski definition) is 5. The zero-order valence-electron chi connectivity index (χ0n) is 15.0. The second-order valence-corrected chi connectivity index (χ2v) is 8.09. The number of sulfone groups is 1. The van der Waals surface area contributed by atoms with E-state index in [9.17, 15) is 13.2 Å². The third-order valence-corrected chi connectivity index (χ3v) is 5.85. The van der Waals surface area contributed by atoms with Crippen LogP contribution in [-0.2, 0) is 9.84 Å². The average molecular weight is 394 g/mol.